The summed E-state index contributed by atoms with van der Waals surface area (Å²) < 4.78 is 5.41. The largest absolute Gasteiger partial charge is 0.375 e. The third kappa shape index (κ3) is 3.53. The fourth-order valence-corrected chi connectivity index (χ4v) is 11.1. The van der Waals surface area contributed by atoms with E-state index >= 15 is 0 Å². The number of aromatic nitrogens is 2. The van der Waals surface area contributed by atoms with Crippen LogP contribution in [0.5, 0.6) is 0 Å². The second kappa shape index (κ2) is 9.65. The fourth-order valence-electron chi connectivity index (χ4n) is 11.1. The molecular formula is C50H39B2N3. The lowest BCUT2D eigenvalue weighted by Gasteiger charge is -2.48. The Hall–Kier alpha value is -5.93. The molecule has 13 rings (SSSR count). The van der Waals surface area contributed by atoms with Gasteiger partial charge in [0.15, 0.2) is 0 Å². The smallest absolute Gasteiger partial charge is 0.333 e. The highest BCUT2D eigenvalue weighted by Crippen LogP contribution is 2.51. The lowest BCUT2D eigenvalue weighted by Crippen LogP contribution is -2.65. The van der Waals surface area contributed by atoms with Gasteiger partial charge in [-0.25, -0.2) is 0 Å². The van der Waals surface area contributed by atoms with E-state index < -0.39 is 0 Å². The molecule has 0 aliphatic carbocycles. The Kier molecular flexibility index (Phi) is 5.33. The van der Waals surface area contributed by atoms with E-state index in [0.29, 0.717) is 0 Å². The molecule has 5 heteroatoms. The van der Waals surface area contributed by atoms with E-state index in [0.717, 1.165) is 0 Å². The van der Waals surface area contributed by atoms with E-state index in [1.165, 1.54) is 116 Å². The summed E-state index contributed by atoms with van der Waals surface area (Å²) in [6.45, 7) is 14.2. The van der Waals surface area contributed by atoms with Crippen LogP contribution in [0.4, 0.5) is 17.1 Å². The van der Waals surface area contributed by atoms with Crippen LogP contribution in [0.2, 0.25) is 0 Å². The topological polar surface area (TPSA) is 13.1 Å². The van der Waals surface area contributed by atoms with Crippen LogP contribution in [-0.2, 0) is 10.8 Å². The molecule has 0 bridgehead atoms. The molecule has 0 fully saturated rings. The zero-order chi connectivity index (χ0) is 36.9. The Morgan fingerprint density at radius 2 is 0.855 bits per heavy atom. The fraction of sp³-hybridized carbons (Fsp3) is 0.160. The predicted octanol–water partition coefficient (Wildman–Crippen LogP) is 9.86. The first kappa shape index (κ1) is 30.4. The van der Waals surface area contributed by atoms with Crippen molar-refractivity contribution in [2.24, 2.45) is 0 Å². The Morgan fingerprint density at radius 1 is 0.418 bits per heavy atom. The molecule has 55 heavy (non-hydrogen) atoms. The molecule has 6 heterocycles. The number of rotatable bonds is 0. The summed E-state index contributed by atoms with van der Waals surface area (Å²) in [5.41, 5.74) is 23.0. The molecule has 260 valence electrons. The van der Waals surface area contributed by atoms with Crippen molar-refractivity contribution in [3.8, 4) is 22.3 Å². The predicted molar refractivity (Wildman–Crippen MR) is 236 cm³/mol. The molecule has 9 aromatic rings. The summed E-state index contributed by atoms with van der Waals surface area (Å²) in [6, 6.07) is 49.6. The zero-order valence-corrected chi connectivity index (χ0v) is 32.1. The first-order valence-electron chi connectivity index (χ1n) is 19.9. The minimum Gasteiger partial charge on any atom is -0.375 e. The van der Waals surface area contributed by atoms with Gasteiger partial charge < -0.3 is 13.9 Å². The summed E-state index contributed by atoms with van der Waals surface area (Å²) >= 11 is 0. The van der Waals surface area contributed by atoms with Gasteiger partial charge in [0.1, 0.15) is 0 Å². The van der Waals surface area contributed by atoms with E-state index in [9.17, 15) is 0 Å². The van der Waals surface area contributed by atoms with Gasteiger partial charge in [-0.05, 0) is 85.3 Å². The van der Waals surface area contributed by atoms with Gasteiger partial charge in [0.05, 0.1) is 0 Å². The Balaban J connectivity index is 1.28. The van der Waals surface area contributed by atoms with Crippen LogP contribution in [0.25, 0.3) is 65.9 Å². The second-order valence-corrected chi connectivity index (χ2v) is 18.5. The number of hydrogen-bond donors (Lipinski definition) is 0. The maximum absolute atomic E-state index is 2.72. The number of anilines is 3. The highest BCUT2D eigenvalue weighted by molar-refractivity contribution is 6.95. The van der Waals surface area contributed by atoms with Gasteiger partial charge in [0.2, 0.25) is 0 Å². The average Bonchev–Trinajstić information content (AvgIpc) is 3.70. The molecular weight excluding hydrogens is 664 g/mol. The lowest BCUT2D eigenvalue weighted by molar-refractivity contribution is 0.590. The van der Waals surface area contributed by atoms with Crippen molar-refractivity contribution >= 4 is 96.2 Å². The van der Waals surface area contributed by atoms with Crippen molar-refractivity contribution in [1.29, 1.82) is 0 Å². The van der Waals surface area contributed by atoms with Gasteiger partial charge in [-0.15, -0.1) is 0 Å². The SMILES string of the molecule is CC(C)(C)c1ccc2c(c1)N1c3cc(C(C)(C)C)ccc3B3c4c(cc5c(c41)B2n1c2ccccc2c2cccc-5c21)-c1cccc2c4ccccc4n3c12. The van der Waals surface area contributed by atoms with Crippen LogP contribution in [-0.4, -0.2) is 22.7 Å². The highest BCUT2D eigenvalue weighted by Gasteiger charge is 2.51. The minimum atomic E-state index is -0.00776. The third-order valence-electron chi connectivity index (χ3n) is 13.6. The standard InChI is InChI=1S/C50H39B2N3/c1-49(2,3)28-21-23-38-42(25-28)53-43-26-29(50(4,5)6)22-24-39(43)52-45-37(35-18-12-16-33-31-14-8-10-20-41(31)55(52)47(33)35)27-36-34-17-11-15-32-30-13-7-9-19-40(30)54(46(32)34)51(38)44(36)48(45)53/h7-27H,1-6H3. The quantitative estimate of drug-likeness (QED) is 0.143. The van der Waals surface area contributed by atoms with Crippen LogP contribution >= 0.6 is 0 Å². The van der Waals surface area contributed by atoms with E-state index in [-0.39, 0.29) is 24.5 Å². The van der Waals surface area contributed by atoms with Gasteiger partial charge >= 0.3 is 13.7 Å². The Morgan fingerprint density at radius 3 is 1.31 bits per heavy atom. The summed E-state index contributed by atoms with van der Waals surface area (Å²) in [5.74, 6) is 0. The van der Waals surface area contributed by atoms with Crippen molar-refractivity contribution in [3.63, 3.8) is 0 Å². The molecule has 0 unspecified atom stereocenters. The Labute approximate surface area is 322 Å². The van der Waals surface area contributed by atoms with Crippen molar-refractivity contribution in [2.75, 3.05) is 4.90 Å². The molecule has 0 radical (unpaired) electrons. The van der Waals surface area contributed by atoms with Crippen LogP contribution in [0.3, 0.4) is 0 Å². The van der Waals surface area contributed by atoms with E-state index in [1.807, 2.05) is 0 Å². The molecule has 4 aliphatic heterocycles. The monoisotopic (exact) mass is 703 g/mol. The molecule has 4 aliphatic rings. The van der Waals surface area contributed by atoms with E-state index in [4.69, 9.17) is 0 Å². The third-order valence-corrected chi connectivity index (χ3v) is 13.6. The Bertz CT molecular complexity index is 3040. The van der Waals surface area contributed by atoms with Gasteiger partial charge in [-0.1, -0.05) is 139 Å². The average molecular weight is 704 g/mol. The van der Waals surface area contributed by atoms with Crippen molar-refractivity contribution in [2.45, 2.75) is 52.4 Å². The summed E-state index contributed by atoms with van der Waals surface area (Å²) in [6.07, 6.45) is 0. The molecule has 3 nitrogen and oxygen atoms in total. The normalized spacial score (nSPS) is 14.6. The second-order valence-electron chi connectivity index (χ2n) is 18.5. The van der Waals surface area contributed by atoms with Crippen LogP contribution in [0, 0.1) is 0 Å². The van der Waals surface area contributed by atoms with Gasteiger partial charge in [-0.2, -0.15) is 0 Å². The van der Waals surface area contributed by atoms with Gasteiger partial charge in [0, 0.05) is 71.8 Å². The molecule has 0 saturated heterocycles. The maximum atomic E-state index is 2.72. The lowest BCUT2D eigenvalue weighted by atomic mass is 9.39. The first-order valence-corrected chi connectivity index (χ1v) is 19.9. The number of fused-ring (bicyclic) bond motifs is 16. The minimum absolute atomic E-state index is 0.00776. The van der Waals surface area contributed by atoms with Crippen molar-refractivity contribution in [3.05, 3.63) is 139 Å². The van der Waals surface area contributed by atoms with Crippen molar-refractivity contribution in [1.82, 2.24) is 8.96 Å². The number of benzene rings is 7. The van der Waals surface area contributed by atoms with Crippen LogP contribution in [0.15, 0.2) is 127 Å². The van der Waals surface area contributed by atoms with Gasteiger partial charge in [0.25, 0.3) is 0 Å². The molecule has 0 atom stereocenters. The maximum Gasteiger partial charge on any atom is 0.333 e. The molecule has 0 spiro atoms. The molecule has 2 aromatic heterocycles. The van der Waals surface area contributed by atoms with Crippen molar-refractivity contribution < 1.29 is 0 Å². The summed E-state index contributed by atoms with van der Waals surface area (Å²) in [4.78, 5) is 2.72. The molecule has 0 amide bonds. The summed E-state index contributed by atoms with van der Waals surface area (Å²) in [5, 5.41) is 5.32. The molecule has 0 saturated carbocycles. The van der Waals surface area contributed by atoms with Crippen LogP contribution < -0.4 is 26.8 Å². The van der Waals surface area contributed by atoms with Crippen LogP contribution in [0.1, 0.15) is 52.7 Å². The van der Waals surface area contributed by atoms with E-state index in [2.05, 4.69) is 183 Å². The number of para-hydroxylation sites is 4. The van der Waals surface area contributed by atoms with Gasteiger partial charge in [-0.3, -0.25) is 0 Å². The number of hydrogen-bond acceptors (Lipinski definition) is 1. The molecule has 7 aromatic carbocycles. The zero-order valence-electron chi connectivity index (χ0n) is 32.1. The summed E-state index contributed by atoms with van der Waals surface area (Å²) in [7, 11) is 0. The van der Waals surface area contributed by atoms with E-state index in [1.54, 1.807) is 0 Å². The number of nitrogens with zero attached hydrogens (tertiary/aromatic N) is 3. The highest BCUT2D eigenvalue weighted by atomic mass is 15.2. The first-order chi connectivity index (χ1) is 26.6. The molecule has 0 N–H and O–H groups in total.